The molecule has 0 aromatic heterocycles. The standard InChI is InChI=1S/C25H52O12/c1-21(34-9-5-26)13-30-17-25(18-31-14-22(2)35-10-6-27,19-32-15-23(3)36-11-7-28)20-33-16-24(4)37-12-8-29/h21-24,26-29H,5-20H2,1-4H3. The van der Waals surface area contributed by atoms with Gasteiger partial charge in [0.05, 0.1) is 136 Å². The molecule has 0 aliphatic heterocycles. The lowest BCUT2D eigenvalue weighted by Crippen LogP contribution is -2.44. The Bertz CT molecular complexity index is 399. The van der Waals surface area contributed by atoms with E-state index in [1.807, 2.05) is 27.7 Å². The molecule has 37 heavy (non-hydrogen) atoms. The van der Waals surface area contributed by atoms with E-state index >= 15 is 0 Å². The molecular weight excluding hydrogens is 492 g/mol. The third-order valence-corrected chi connectivity index (χ3v) is 5.02. The van der Waals surface area contributed by atoms with Gasteiger partial charge >= 0.3 is 0 Å². The van der Waals surface area contributed by atoms with Gasteiger partial charge in [0.2, 0.25) is 0 Å². The van der Waals surface area contributed by atoms with Crippen LogP contribution in [0.15, 0.2) is 0 Å². The molecule has 4 unspecified atom stereocenters. The summed E-state index contributed by atoms with van der Waals surface area (Å²) in [6.07, 6.45) is -0.840. The van der Waals surface area contributed by atoms with E-state index in [1.165, 1.54) is 0 Å². The predicted octanol–water partition coefficient (Wildman–Crippen LogP) is -0.371. The van der Waals surface area contributed by atoms with Crippen LogP contribution in [-0.4, -0.2) is 151 Å². The van der Waals surface area contributed by atoms with Gasteiger partial charge in [-0.3, -0.25) is 0 Å². The van der Waals surface area contributed by atoms with Gasteiger partial charge in [-0.1, -0.05) is 0 Å². The third-order valence-electron chi connectivity index (χ3n) is 5.02. The van der Waals surface area contributed by atoms with Crippen molar-refractivity contribution in [3.63, 3.8) is 0 Å². The van der Waals surface area contributed by atoms with E-state index in [1.54, 1.807) is 0 Å². The van der Waals surface area contributed by atoms with Crippen LogP contribution in [0.1, 0.15) is 27.7 Å². The molecule has 224 valence electrons. The predicted molar refractivity (Wildman–Crippen MR) is 136 cm³/mol. The molecule has 4 atom stereocenters. The summed E-state index contributed by atoms with van der Waals surface area (Å²) in [5, 5.41) is 35.9. The average molecular weight is 545 g/mol. The van der Waals surface area contributed by atoms with Gasteiger partial charge in [-0.15, -0.1) is 0 Å². The van der Waals surface area contributed by atoms with Crippen LogP contribution < -0.4 is 0 Å². The van der Waals surface area contributed by atoms with Gasteiger partial charge in [0.25, 0.3) is 0 Å². The Kier molecular flexibility index (Phi) is 24.2. The molecule has 0 amide bonds. The van der Waals surface area contributed by atoms with Gasteiger partial charge in [0, 0.05) is 0 Å². The van der Waals surface area contributed by atoms with E-state index in [9.17, 15) is 0 Å². The number of hydrogen-bond donors (Lipinski definition) is 4. The summed E-state index contributed by atoms with van der Waals surface area (Å²) in [5.41, 5.74) is -0.680. The number of hydrogen-bond acceptors (Lipinski definition) is 12. The first-order valence-corrected chi connectivity index (χ1v) is 13.0. The van der Waals surface area contributed by atoms with Crippen molar-refractivity contribution in [1.82, 2.24) is 0 Å². The Balaban J connectivity index is 5.25. The highest BCUT2D eigenvalue weighted by molar-refractivity contribution is 4.80. The molecule has 0 aliphatic rings. The zero-order valence-corrected chi connectivity index (χ0v) is 23.2. The summed E-state index contributed by atoms with van der Waals surface area (Å²) in [5.74, 6) is 0. The van der Waals surface area contributed by atoms with Gasteiger partial charge in [-0.25, -0.2) is 0 Å². The van der Waals surface area contributed by atoms with Gasteiger partial charge in [-0.2, -0.15) is 0 Å². The van der Waals surface area contributed by atoms with Crippen LogP contribution in [0, 0.1) is 5.41 Å². The van der Waals surface area contributed by atoms with E-state index in [4.69, 9.17) is 58.3 Å². The lowest BCUT2D eigenvalue weighted by Gasteiger charge is -2.34. The van der Waals surface area contributed by atoms with E-state index in [0.29, 0.717) is 26.4 Å². The van der Waals surface area contributed by atoms with Crippen molar-refractivity contribution in [2.24, 2.45) is 5.41 Å². The minimum atomic E-state index is -0.680. The molecule has 0 aromatic carbocycles. The lowest BCUT2D eigenvalue weighted by atomic mass is 9.92. The number of rotatable bonds is 28. The molecule has 0 saturated heterocycles. The average Bonchev–Trinajstić information content (AvgIpc) is 2.88. The Morgan fingerprint density at radius 1 is 0.432 bits per heavy atom. The summed E-state index contributed by atoms with van der Waals surface area (Å²) >= 11 is 0. The van der Waals surface area contributed by atoms with Crippen LogP contribution in [-0.2, 0) is 37.9 Å². The summed E-state index contributed by atoms with van der Waals surface area (Å²) in [4.78, 5) is 0. The number of ether oxygens (including phenoxy) is 8. The fraction of sp³-hybridized carbons (Fsp3) is 1.00. The van der Waals surface area contributed by atoms with Crippen molar-refractivity contribution in [2.45, 2.75) is 52.1 Å². The normalized spacial score (nSPS) is 16.9. The molecular formula is C25H52O12. The molecule has 12 nitrogen and oxygen atoms in total. The fourth-order valence-electron chi connectivity index (χ4n) is 3.22. The third kappa shape index (κ3) is 21.1. The maximum absolute atomic E-state index is 8.97. The molecule has 0 aromatic rings. The zero-order valence-electron chi connectivity index (χ0n) is 23.2. The van der Waals surface area contributed by atoms with Crippen LogP contribution in [0.2, 0.25) is 0 Å². The maximum atomic E-state index is 8.97. The van der Waals surface area contributed by atoms with Gasteiger partial charge in [0.15, 0.2) is 0 Å². The molecule has 0 fully saturated rings. The quantitative estimate of drug-likeness (QED) is 0.102. The van der Waals surface area contributed by atoms with Crippen molar-refractivity contribution in [1.29, 1.82) is 0 Å². The number of aliphatic hydroxyl groups excluding tert-OH is 4. The molecule has 0 aliphatic carbocycles. The van der Waals surface area contributed by atoms with Gasteiger partial charge < -0.3 is 58.3 Å². The molecule has 4 N–H and O–H groups in total. The Labute approximate surface area is 222 Å². The zero-order chi connectivity index (χ0) is 27.8. The maximum Gasteiger partial charge on any atom is 0.0781 e. The van der Waals surface area contributed by atoms with Crippen molar-refractivity contribution < 1.29 is 58.3 Å². The second kappa shape index (κ2) is 24.6. The summed E-state index contributed by atoms with van der Waals surface area (Å²) in [6, 6.07) is 0. The Hall–Kier alpha value is -0.480. The largest absolute Gasteiger partial charge is 0.394 e. The molecule has 12 heteroatoms. The van der Waals surface area contributed by atoms with E-state index < -0.39 is 5.41 Å². The van der Waals surface area contributed by atoms with Crippen molar-refractivity contribution >= 4 is 0 Å². The highest BCUT2D eigenvalue weighted by atomic mass is 16.6. The molecule has 0 rings (SSSR count). The van der Waals surface area contributed by atoms with Gasteiger partial charge in [0.1, 0.15) is 0 Å². The molecule has 0 bridgehead atoms. The van der Waals surface area contributed by atoms with E-state index in [2.05, 4.69) is 0 Å². The first-order valence-electron chi connectivity index (χ1n) is 13.0. The molecule has 0 saturated carbocycles. The van der Waals surface area contributed by atoms with Crippen molar-refractivity contribution in [3.8, 4) is 0 Å². The smallest absolute Gasteiger partial charge is 0.0781 e. The summed E-state index contributed by atoms with van der Waals surface area (Å²) in [7, 11) is 0. The van der Waals surface area contributed by atoms with E-state index in [0.717, 1.165) is 0 Å². The number of aliphatic hydroxyl groups is 4. The first-order chi connectivity index (χ1) is 17.8. The van der Waals surface area contributed by atoms with Crippen LogP contribution in [0.5, 0.6) is 0 Å². The monoisotopic (exact) mass is 544 g/mol. The lowest BCUT2D eigenvalue weighted by molar-refractivity contribution is -0.139. The molecule has 0 spiro atoms. The van der Waals surface area contributed by atoms with Crippen LogP contribution >= 0.6 is 0 Å². The SMILES string of the molecule is CC(COCC(COCC(C)OCCO)(COCC(C)OCCO)COCC(C)OCCO)OCCO. The van der Waals surface area contributed by atoms with Crippen LogP contribution in [0.25, 0.3) is 0 Å². The van der Waals surface area contributed by atoms with Gasteiger partial charge in [-0.05, 0) is 27.7 Å². The van der Waals surface area contributed by atoms with Crippen LogP contribution in [0.3, 0.4) is 0 Å². The minimum absolute atomic E-state index is 0.0621. The van der Waals surface area contributed by atoms with E-state index in [-0.39, 0.29) is 104 Å². The minimum Gasteiger partial charge on any atom is -0.394 e. The van der Waals surface area contributed by atoms with Crippen molar-refractivity contribution in [3.05, 3.63) is 0 Å². The highest BCUT2D eigenvalue weighted by Crippen LogP contribution is 2.22. The summed E-state index contributed by atoms with van der Waals surface area (Å²) < 4.78 is 45.8. The highest BCUT2D eigenvalue weighted by Gasteiger charge is 2.33. The Morgan fingerprint density at radius 2 is 0.649 bits per heavy atom. The van der Waals surface area contributed by atoms with Crippen molar-refractivity contribution in [2.75, 3.05) is 106 Å². The topological polar surface area (TPSA) is 155 Å². The second-order valence-electron chi connectivity index (χ2n) is 9.18. The summed E-state index contributed by atoms with van der Waals surface area (Å²) in [6.45, 7) is 10.4. The van der Waals surface area contributed by atoms with Crippen LogP contribution in [0.4, 0.5) is 0 Å². The molecule has 0 radical (unpaired) electrons. The first kappa shape index (κ1) is 36.5. The second-order valence-corrected chi connectivity index (χ2v) is 9.18. The Morgan fingerprint density at radius 3 is 0.838 bits per heavy atom. The molecule has 0 heterocycles. The fourth-order valence-corrected chi connectivity index (χ4v) is 3.22.